The average molecular weight is 312 g/mol. The molecule has 0 radical (unpaired) electrons. The summed E-state index contributed by atoms with van der Waals surface area (Å²) in [5, 5.41) is 0. The first-order valence-electron chi connectivity index (χ1n) is 7.57. The highest BCUT2D eigenvalue weighted by Gasteiger charge is 2.23. The average Bonchev–Trinajstić information content (AvgIpc) is 2.55. The highest BCUT2D eigenvalue weighted by atomic mass is 16.1. The van der Waals surface area contributed by atoms with Gasteiger partial charge in [0.05, 0.1) is 0 Å². The Hall–Kier alpha value is -2.83. The first-order valence-corrected chi connectivity index (χ1v) is 7.57. The van der Waals surface area contributed by atoms with E-state index in [0.717, 1.165) is 42.7 Å². The van der Waals surface area contributed by atoms with Crippen molar-refractivity contribution in [3.05, 3.63) is 30.5 Å². The topological polar surface area (TPSA) is 124 Å². The van der Waals surface area contributed by atoms with E-state index in [-0.39, 0.29) is 17.8 Å². The Balaban J connectivity index is 1.74. The summed E-state index contributed by atoms with van der Waals surface area (Å²) in [7, 11) is 0. The molecule has 3 rings (SSSR count). The quantitative estimate of drug-likeness (QED) is 0.777. The van der Waals surface area contributed by atoms with E-state index < -0.39 is 0 Å². The molecule has 1 aromatic carbocycles. The Labute approximate surface area is 134 Å². The van der Waals surface area contributed by atoms with Crippen molar-refractivity contribution in [3.63, 3.8) is 0 Å². The largest absolute Gasteiger partial charge is 0.383 e. The van der Waals surface area contributed by atoms with Gasteiger partial charge in [-0.3, -0.25) is 4.79 Å². The summed E-state index contributed by atoms with van der Waals surface area (Å²) in [5.41, 5.74) is 19.6. The van der Waals surface area contributed by atoms with Crippen LogP contribution in [-0.4, -0.2) is 29.0 Å². The molecule has 0 atom stereocenters. The van der Waals surface area contributed by atoms with Crippen molar-refractivity contribution in [2.45, 2.75) is 12.8 Å². The first-order chi connectivity index (χ1) is 11.0. The Morgan fingerprint density at radius 1 is 1.13 bits per heavy atom. The molecule has 1 fully saturated rings. The van der Waals surface area contributed by atoms with Crippen LogP contribution >= 0.6 is 0 Å². The number of aromatic nitrogens is 2. The molecule has 1 saturated heterocycles. The van der Waals surface area contributed by atoms with Crippen molar-refractivity contribution in [1.82, 2.24) is 9.97 Å². The predicted octanol–water partition coefficient (Wildman–Crippen LogP) is 1.01. The van der Waals surface area contributed by atoms with Crippen LogP contribution in [0.15, 0.2) is 30.5 Å². The van der Waals surface area contributed by atoms with Gasteiger partial charge in [-0.15, -0.1) is 0 Å². The molecular weight excluding hydrogens is 292 g/mol. The molecule has 1 aromatic heterocycles. The van der Waals surface area contributed by atoms with Gasteiger partial charge in [-0.05, 0) is 30.5 Å². The van der Waals surface area contributed by atoms with E-state index in [1.807, 2.05) is 24.3 Å². The SMILES string of the molecule is NC(=O)C1CCN(c2ccc(-c3cnc(N)nc3N)cc2)CC1. The zero-order valence-corrected chi connectivity index (χ0v) is 12.8. The van der Waals surface area contributed by atoms with Crippen LogP contribution in [0.2, 0.25) is 0 Å². The standard InChI is InChI=1S/C16H20N6O/c17-14-13(9-20-16(19)21-14)10-1-3-12(4-2-10)22-7-5-11(6-8-22)15(18)23/h1-4,9,11H,5-8H2,(H2,18,23)(H4,17,19,20,21). The minimum Gasteiger partial charge on any atom is -0.383 e. The number of nitrogen functional groups attached to an aromatic ring is 2. The normalized spacial score (nSPS) is 15.6. The molecular formula is C16H20N6O. The molecule has 6 N–H and O–H groups in total. The number of hydrogen-bond donors (Lipinski definition) is 3. The van der Waals surface area contributed by atoms with E-state index in [0.29, 0.717) is 5.82 Å². The maximum atomic E-state index is 11.2. The number of anilines is 3. The van der Waals surface area contributed by atoms with Gasteiger partial charge in [0.2, 0.25) is 11.9 Å². The summed E-state index contributed by atoms with van der Waals surface area (Å²) in [5.74, 6) is 0.337. The van der Waals surface area contributed by atoms with Crippen molar-refractivity contribution < 1.29 is 4.79 Å². The van der Waals surface area contributed by atoms with Crippen molar-refractivity contribution in [2.24, 2.45) is 11.7 Å². The van der Waals surface area contributed by atoms with Gasteiger partial charge in [0, 0.05) is 36.5 Å². The maximum absolute atomic E-state index is 11.2. The number of piperidine rings is 1. The lowest BCUT2D eigenvalue weighted by Gasteiger charge is -2.32. The molecule has 7 heteroatoms. The van der Waals surface area contributed by atoms with Gasteiger partial charge in [-0.2, -0.15) is 4.98 Å². The lowest BCUT2D eigenvalue weighted by Crippen LogP contribution is -2.38. The van der Waals surface area contributed by atoms with Crippen molar-refractivity contribution in [3.8, 4) is 11.1 Å². The monoisotopic (exact) mass is 312 g/mol. The van der Waals surface area contributed by atoms with Gasteiger partial charge < -0.3 is 22.1 Å². The van der Waals surface area contributed by atoms with Crippen LogP contribution in [0.3, 0.4) is 0 Å². The third-order valence-electron chi connectivity index (χ3n) is 4.28. The zero-order chi connectivity index (χ0) is 16.4. The van der Waals surface area contributed by atoms with Crippen LogP contribution in [-0.2, 0) is 4.79 Å². The number of carbonyl (C=O) groups excluding carboxylic acids is 1. The van der Waals surface area contributed by atoms with Gasteiger partial charge in [0.1, 0.15) is 5.82 Å². The molecule has 7 nitrogen and oxygen atoms in total. The second kappa shape index (κ2) is 6.12. The summed E-state index contributed by atoms with van der Waals surface area (Å²) in [6.07, 6.45) is 3.23. The van der Waals surface area contributed by atoms with E-state index in [4.69, 9.17) is 17.2 Å². The second-order valence-electron chi connectivity index (χ2n) is 5.74. The minimum atomic E-state index is -0.196. The number of benzene rings is 1. The number of primary amides is 1. The van der Waals surface area contributed by atoms with E-state index in [1.54, 1.807) is 6.20 Å². The smallest absolute Gasteiger partial charge is 0.221 e. The van der Waals surface area contributed by atoms with Gasteiger partial charge in [0.25, 0.3) is 0 Å². The van der Waals surface area contributed by atoms with E-state index in [9.17, 15) is 4.79 Å². The minimum absolute atomic E-state index is 0.00255. The molecule has 2 heterocycles. The second-order valence-corrected chi connectivity index (χ2v) is 5.74. The predicted molar refractivity (Wildman–Crippen MR) is 90.4 cm³/mol. The Kier molecular flexibility index (Phi) is 4.01. The van der Waals surface area contributed by atoms with Crippen LogP contribution in [0.1, 0.15) is 12.8 Å². The molecule has 1 aliphatic rings. The molecule has 0 unspecified atom stereocenters. The Morgan fingerprint density at radius 3 is 2.35 bits per heavy atom. The molecule has 120 valence electrons. The fourth-order valence-electron chi connectivity index (χ4n) is 2.91. The van der Waals surface area contributed by atoms with Gasteiger partial charge in [-0.25, -0.2) is 4.98 Å². The van der Waals surface area contributed by atoms with Crippen LogP contribution < -0.4 is 22.1 Å². The molecule has 1 aliphatic heterocycles. The molecule has 23 heavy (non-hydrogen) atoms. The summed E-state index contributed by atoms with van der Waals surface area (Å²) >= 11 is 0. The molecule has 0 saturated carbocycles. The highest BCUT2D eigenvalue weighted by Crippen LogP contribution is 2.28. The third kappa shape index (κ3) is 3.18. The number of rotatable bonds is 3. The van der Waals surface area contributed by atoms with E-state index in [1.165, 1.54) is 0 Å². The van der Waals surface area contributed by atoms with E-state index >= 15 is 0 Å². The van der Waals surface area contributed by atoms with Gasteiger partial charge >= 0.3 is 0 Å². The number of hydrogen-bond acceptors (Lipinski definition) is 6. The lowest BCUT2D eigenvalue weighted by atomic mass is 9.96. The summed E-state index contributed by atoms with van der Waals surface area (Å²) < 4.78 is 0. The fraction of sp³-hybridized carbons (Fsp3) is 0.312. The molecule has 0 spiro atoms. The van der Waals surface area contributed by atoms with Gasteiger partial charge in [-0.1, -0.05) is 12.1 Å². The highest BCUT2D eigenvalue weighted by molar-refractivity contribution is 5.77. The molecule has 0 aliphatic carbocycles. The molecule has 2 aromatic rings. The lowest BCUT2D eigenvalue weighted by molar-refractivity contribution is -0.122. The molecule has 1 amide bonds. The third-order valence-corrected chi connectivity index (χ3v) is 4.28. The molecule has 0 bridgehead atoms. The summed E-state index contributed by atoms with van der Waals surface area (Å²) in [6.45, 7) is 1.67. The summed E-state index contributed by atoms with van der Waals surface area (Å²) in [6, 6.07) is 8.05. The van der Waals surface area contributed by atoms with Gasteiger partial charge in [0.15, 0.2) is 0 Å². The summed E-state index contributed by atoms with van der Waals surface area (Å²) in [4.78, 5) is 21.4. The zero-order valence-electron chi connectivity index (χ0n) is 12.8. The number of nitrogens with two attached hydrogens (primary N) is 3. The maximum Gasteiger partial charge on any atom is 0.221 e. The number of amides is 1. The van der Waals surface area contributed by atoms with Crippen molar-refractivity contribution in [1.29, 1.82) is 0 Å². The number of carbonyl (C=O) groups is 1. The number of nitrogens with zero attached hydrogens (tertiary/aromatic N) is 3. The van der Waals surface area contributed by atoms with Crippen LogP contribution in [0.4, 0.5) is 17.5 Å². The van der Waals surface area contributed by atoms with Crippen LogP contribution in [0.25, 0.3) is 11.1 Å². The van der Waals surface area contributed by atoms with Crippen molar-refractivity contribution in [2.75, 3.05) is 29.5 Å². The van der Waals surface area contributed by atoms with Crippen LogP contribution in [0.5, 0.6) is 0 Å². The Morgan fingerprint density at radius 2 is 1.78 bits per heavy atom. The van der Waals surface area contributed by atoms with Crippen LogP contribution in [0, 0.1) is 5.92 Å². The first kappa shape index (κ1) is 15.1. The van der Waals surface area contributed by atoms with Crippen molar-refractivity contribution >= 4 is 23.4 Å². The fourth-order valence-corrected chi connectivity index (χ4v) is 2.91. The Bertz CT molecular complexity index is 707. The van der Waals surface area contributed by atoms with E-state index in [2.05, 4.69) is 14.9 Å².